The Morgan fingerprint density at radius 3 is 2.48 bits per heavy atom. The van der Waals surface area contributed by atoms with Gasteiger partial charge in [-0.3, -0.25) is 14.6 Å². The summed E-state index contributed by atoms with van der Waals surface area (Å²) < 4.78 is 5.75. The summed E-state index contributed by atoms with van der Waals surface area (Å²) in [5.41, 5.74) is 1.74. The van der Waals surface area contributed by atoms with Crippen LogP contribution < -0.4 is 10.1 Å². The zero-order valence-corrected chi connectivity index (χ0v) is 16.4. The molecule has 27 heavy (non-hydrogen) atoms. The quantitative estimate of drug-likeness (QED) is 0.791. The van der Waals surface area contributed by atoms with Gasteiger partial charge in [0, 0.05) is 32.7 Å². The Labute approximate surface area is 165 Å². The molecule has 144 valence electrons. The van der Waals surface area contributed by atoms with E-state index in [1.165, 1.54) is 0 Å². The molecule has 5 nitrogen and oxygen atoms in total. The average Bonchev–Trinajstić information content (AvgIpc) is 2.66. The van der Waals surface area contributed by atoms with Crippen LogP contribution in [0.4, 0.5) is 5.69 Å². The van der Waals surface area contributed by atoms with E-state index in [0.717, 1.165) is 44.0 Å². The van der Waals surface area contributed by atoms with Gasteiger partial charge in [-0.25, -0.2) is 0 Å². The summed E-state index contributed by atoms with van der Waals surface area (Å²) in [6.07, 6.45) is 0. The van der Waals surface area contributed by atoms with Gasteiger partial charge < -0.3 is 10.1 Å². The molecule has 1 amide bonds. The lowest BCUT2D eigenvalue weighted by molar-refractivity contribution is -0.117. The molecule has 1 saturated heterocycles. The second-order valence-corrected chi connectivity index (χ2v) is 7.22. The van der Waals surface area contributed by atoms with Gasteiger partial charge >= 0.3 is 0 Å². The van der Waals surface area contributed by atoms with Gasteiger partial charge in [0.25, 0.3) is 0 Å². The van der Waals surface area contributed by atoms with Crippen molar-refractivity contribution in [2.24, 2.45) is 0 Å². The predicted octanol–water partition coefficient (Wildman–Crippen LogP) is 3.28. The number of nitrogens with one attached hydrogen (secondary N) is 1. The van der Waals surface area contributed by atoms with Crippen LogP contribution in [0.5, 0.6) is 5.75 Å². The van der Waals surface area contributed by atoms with Crippen LogP contribution in [0, 0.1) is 6.92 Å². The zero-order chi connectivity index (χ0) is 19.1. The maximum Gasteiger partial charge on any atom is 0.238 e. The number of nitrogens with zero attached hydrogens (tertiary/aromatic N) is 2. The van der Waals surface area contributed by atoms with Crippen molar-refractivity contribution in [1.29, 1.82) is 0 Å². The van der Waals surface area contributed by atoms with Crippen molar-refractivity contribution in [3.05, 3.63) is 59.1 Å². The van der Waals surface area contributed by atoms with E-state index >= 15 is 0 Å². The molecule has 1 aliphatic heterocycles. The number of piperazine rings is 1. The summed E-state index contributed by atoms with van der Waals surface area (Å²) in [7, 11) is 0. The summed E-state index contributed by atoms with van der Waals surface area (Å²) in [5, 5.41) is 3.48. The first-order valence-electron chi connectivity index (χ1n) is 9.29. The van der Waals surface area contributed by atoms with Crippen molar-refractivity contribution in [2.75, 3.05) is 51.2 Å². The molecule has 6 heteroatoms. The largest absolute Gasteiger partial charge is 0.492 e. The normalized spacial score (nSPS) is 15.5. The number of halogens is 1. The van der Waals surface area contributed by atoms with E-state index in [1.807, 2.05) is 55.5 Å². The summed E-state index contributed by atoms with van der Waals surface area (Å²) in [6, 6.07) is 15.5. The van der Waals surface area contributed by atoms with E-state index in [1.54, 1.807) is 0 Å². The Morgan fingerprint density at radius 1 is 1.07 bits per heavy atom. The van der Waals surface area contributed by atoms with E-state index in [2.05, 4.69) is 15.1 Å². The Morgan fingerprint density at radius 2 is 1.78 bits per heavy atom. The second kappa shape index (κ2) is 9.74. The smallest absolute Gasteiger partial charge is 0.238 e. The fraction of sp³-hybridized carbons (Fsp3) is 0.381. The van der Waals surface area contributed by atoms with Crippen molar-refractivity contribution >= 4 is 23.2 Å². The minimum atomic E-state index is -0.0263. The third-order valence-corrected chi connectivity index (χ3v) is 4.96. The lowest BCUT2D eigenvalue weighted by atomic mass is 10.2. The van der Waals surface area contributed by atoms with Crippen LogP contribution in [0.15, 0.2) is 48.5 Å². The SMILES string of the molecule is Cc1ccc(NC(=O)CN2CCN(CCOc3ccccc3)CC2)c(Cl)c1. The minimum Gasteiger partial charge on any atom is -0.492 e. The molecule has 0 unspecified atom stereocenters. The van der Waals surface area contributed by atoms with Crippen molar-refractivity contribution < 1.29 is 9.53 Å². The molecule has 0 radical (unpaired) electrons. The molecule has 1 heterocycles. The number of carbonyl (C=O) groups excluding carboxylic acids is 1. The first-order valence-corrected chi connectivity index (χ1v) is 9.66. The van der Waals surface area contributed by atoms with Gasteiger partial charge in [0.15, 0.2) is 0 Å². The third-order valence-electron chi connectivity index (χ3n) is 4.65. The van der Waals surface area contributed by atoms with Gasteiger partial charge in [-0.2, -0.15) is 0 Å². The molecule has 0 atom stereocenters. The number of para-hydroxylation sites is 1. The molecule has 0 aliphatic carbocycles. The van der Waals surface area contributed by atoms with Crippen LogP contribution in [0.3, 0.4) is 0 Å². The molecule has 0 bridgehead atoms. The van der Waals surface area contributed by atoms with Crippen molar-refractivity contribution in [3.63, 3.8) is 0 Å². The second-order valence-electron chi connectivity index (χ2n) is 6.81. The number of anilines is 1. The fourth-order valence-electron chi connectivity index (χ4n) is 3.09. The predicted molar refractivity (Wildman–Crippen MR) is 110 cm³/mol. The van der Waals surface area contributed by atoms with Crippen LogP contribution >= 0.6 is 11.6 Å². The van der Waals surface area contributed by atoms with Crippen molar-refractivity contribution in [1.82, 2.24) is 9.80 Å². The minimum absolute atomic E-state index is 0.0263. The van der Waals surface area contributed by atoms with Crippen LogP contribution in [0.25, 0.3) is 0 Å². The Balaban J connectivity index is 1.35. The van der Waals surface area contributed by atoms with Crippen LogP contribution in [-0.2, 0) is 4.79 Å². The molecule has 3 rings (SSSR count). The van der Waals surface area contributed by atoms with Crippen molar-refractivity contribution in [2.45, 2.75) is 6.92 Å². The average molecular weight is 388 g/mol. The fourth-order valence-corrected chi connectivity index (χ4v) is 3.38. The van der Waals surface area contributed by atoms with Crippen LogP contribution in [-0.4, -0.2) is 61.6 Å². The highest BCUT2D eigenvalue weighted by Gasteiger charge is 2.19. The maximum atomic E-state index is 12.3. The number of rotatable bonds is 7. The highest BCUT2D eigenvalue weighted by Crippen LogP contribution is 2.22. The first kappa shape index (κ1) is 19.7. The first-order chi connectivity index (χ1) is 13.1. The molecule has 1 N–H and O–H groups in total. The van der Waals surface area contributed by atoms with Crippen molar-refractivity contribution in [3.8, 4) is 5.75 Å². The monoisotopic (exact) mass is 387 g/mol. The Hall–Kier alpha value is -2.08. The van der Waals surface area contributed by atoms with E-state index in [0.29, 0.717) is 23.9 Å². The standard InChI is InChI=1S/C21H26ClN3O2/c1-17-7-8-20(19(22)15-17)23-21(26)16-25-11-9-24(10-12-25)13-14-27-18-5-3-2-4-6-18/h2-8,15H,9-14,16H2,1H3,(H,23,26). The number of benzene rings is 2. The molecular formula is C21H26ClN3O2. The van der Waals surface area contributed by atoms with Gasteiger partial charge in [-0.05, 0) is 36.8 Å². The number of ether oxygens (including phenoxy) is 1. The summed E-state index contributed by atoms with van der Waals surface area (Å²) in [5.74, 6) is 0.879. The number of amides is 1. The number of carbonyl (C=O) groups is 1. The third kappa shape index (κ3) is 6.24. The molecular weight excluding hydrogens is 362 g/mol. The number of hydrogen-bond acceptors (Lipinski definition) is 4. The van der Waals surface area contributed by atoms with Gasteiger partial charge in [-0.1, -0.05) is 35.9 Å². The lowest BCUT2D eigenvalue weighted by Crippen LogP contribution is -2.49. The Bertz CT molecular complexity index is 746. The van der Waals surface area contributed by atoms with E-state index < -0.39 is 0 Å². The molecule has 0 saturated carbocycles. The molecule has 2 aromatic carbocycles. The number of hydrogen-bond donors (Lipinski definition) is 1. The van der Waals surface area contributed by atoms with Gasteiger partial charge in [0.05, 0.1) is 17.3 Å². The maximum absolute atomic E-state index is 12.3. The van der Waals surface area contributed by atoms with Crippen LogP contribution in [0.2, 0.25) is 5.02 Å². The molecule has 0 aromatic heterocycles. The molecule has 2 aromatic rings. The summed E-state index contributed by atoms with van der Waals surface area (Å²) >= 11 is 6.18. The summed E-state index contributed by atoms with van der Waals surface area (Å²) in [4.78, 5) is 16.8. The Kier molecular flexibility index (Phi) is 7.10. The summed E-state index contributed by atoms with van der Waals surface area (Å²) in [6.45, 7) is 7.57. The van der Waals surface area contributed by atoms with Gasteiger partial charge in [0.2, 0.25) is 5.91 Å². The number of aryl methyl sites for hydroxylation is 1. The zero-order valence-electron chi connectivity index (χ0n) is 15.7. The molecule has 0 spiro atoms. The van der Waals surface area contributed by atoms with Crippen LogP contribution in [0.1, 0.15) is 5.56 Å². The molecule has 1 aliphatic rings. The van der Waals surface area contributed by atoms with Gasteiger partial charge in [0.1, 0.15) is 12.4 Å². The molecule has 1 fully saturated rings. The van der Waals surface area contributed by atoms with E-state index in [4.69, 9.17) is 16.3 Å². The topological polar surface area (TPSA) is 44.8 Å². The van der Waals surface area contributed by atoms with Gasteiger partial charge in [-0.15, -0.1) is 0 Å². The van der Waals surface area contributed by atoms with E-state index in [-0.39, 0.29) is 5.91 Å². The lowest BCUT2D eigenvalue weighted by Gasteiger charge is -2.34. The van der Waals surface area contributed by atoms with E-state index in [9.17, 15) is 4.79 Å². The highest BCUT2D eigenvalue weighted by molar-refractivity contribution is 6.33. The highest BCUT2D eigenvalue weighted by atomic mass is 35.5.